The maximum Gasteiger partial charge on any atom is 0.195 e. The van der Waals surface area contributed by atoms with E-state index in [1.807, 2.05) is 51.1 Å². The summed E-state index contributed by atoms with van der Waals surface area (Å²) in [6.45, 7) is 0. The number of hydrogen-bond donors (Lipinski definition) is 0. The van der Waals surface area contributed by atoms with Gasteiger partial charge in [0.05, 0.1) is 0 Å². The average molecular weight is 433 g/mol. The first-order chi connectivity index (χ1) is 14.5. The molecule has 0 N–H and O–H groups in total. The fourth-order valence-corrected chi connectivity index (χ4v) is 5.19. The molecule has 0 saturated heterocycles. The van der Waals surface area contributed by atoms with Crippen molar-refractivity contribution >= 4 is 39.8 Å². The molecule has 152 valence electrons. The van der Waals surface area contributed by atoms with Gasteiger partial charge in [-0.15, -0.1) is 22.7 Å². The number of carbonyl (C=O) groups excluding carboxylic acids is 1. The summed E-state index contributed by atoms with van der Waals surface area (Å²) in [5, 5.41) is 4.00. The van der Waals surface area contributed by atoms with Crippen LogP contribution >= 0.6 is 22.7 Å². The van der Waals surface area contributed by atoms with Gasteiger partial charge in [0, 0.05) is 60.4 Å². The zero-order valence-corrected chi connectivity index (χ0v) is 19.2. The predicted octanol–water partition coefficient (Wildman–Crippen LogP) is 6.51. The van der Waals surface area contributed by atoms with Gasteiger partial charge in [-0.2, -0.15) is 0 Å². The second kappa shape index (κ2) is 8.46. The second-order valence-corrected chi connectivity index (χ2v) is 9.37. The first-order valence-electron chi connectivity index (χ1n) is 9.71. The van der Waals surface area contributed by atoms with Gasteiger partial charge >= 0.3 is 0 Å². The van der Waals surface area contributed by atoms with Crippen molar-refractivity contribution in [1.29, 1.82) is 0 Å². The van der Waals surface area contributed by atoms with Gasteiger partial charge in [0.15, 0.2) is 5.78 Å². The number of ketones is 1. The standard InChI is InChI=1S/C25H24N2OS2/c1-26(2)19-9-5-17(6-10-19)24-21(13-15-29-24)23(28)22-14-16-30-25(22)18-7-11-20(12-8-18)27(3)4/h5-16H,1-4H3. The van der Waals surface area contributed by atoms with Crippen LogP contribution in [-0.2, 0) is 0 Å². The van der Waals surface area contributed by atoms with Gasteiger partial charge in [-0.05, 0) is 58.3 Å². The summed E-state index contributed by atoms with van der Waals surface area (Å²) in [5.74, 6) is 0.0795. The Hall–Kier alpha value is -2.89. The Kier molecular flexibility index (Phi) is 5.75. The monoisotopic (exact) mass is 432 g/mol. The molecule has 0 aliphatic heterocycles. The minimum atomic E-state index is 0.0795. The lowest BCUT2D eigenvalue weighted by atomic mass is 9.99. The molecule has 3 nitrogen and oxygen atoms in total. The highest BCUT2D eigenvalue weighted by Crippen LogP contribution is 2.36. The summed E-state index contributed by atoms with van der Waals surface area (Å²) < 4.78 is 0. The molecule has 2 heterocycles. The Morgan fingerprint density at radius 3 is 1.30 bits per heavy atom. The van der Waals surface area contributed by atoms with Crippen LogP contribution in [0.4, 0.5) is 11.4 Å². The first kappa shape index (κ1) is 20.4. The quantitative estimate of drug-likeness (QED) is 0.325. The first-order valence-corrected chi connectivity index (χ1v) is 11.5. The highest BCUT2D eigenvalue weighted by Gasteiger charge is 2.20. The van der Waals surface area contributed by atoms with Crippen molar-refractivity contribution in [2.75, 3.05) is 38.0 Å². The molecule has 0 unspecified atom stereocenters. The van der Waals surface area contributed by atoms with Gasteiger partial charge < -0.3 is 9.80 Å². The highest BCUT2D eigenvalue weighted by molar-refractivity contribution is 7.14. The molecule has 4 rings (SSSR count). The Balaban J connectivity index is 1.68. The van der Waals surface area contributed by atoms with E-state index in [2.05, 4.69) is 58.3 Å². The molecule has 0 saturated carbocycles. The molecule has 2 aromatic heterocycles. The van der Waals surface area contributed by atoms with Crippen molar-refractivity contribution in [3.05, 3.63) is 82.6 Å². The lowest BCUT2D eigenvalue weighted by Gasteiger charge is -2.13. The number of thiophene rings is 2. The fraction of sp³-hybridized carbons (Fsp3) is 0.160. The second-order valence-electron chi connectivity index (χ2n) is 7.54. The van der Waals surface area contributed by atoms with Crippen molar-refractivity contribution in [2.24, 2.45) is 0 Å². The molecule has 4 aromatic rings. The van der Waals surface area contributed by atoms with Gasteiger partial charge in [0.25, 0.3) is 0 Å². The minimum absolute atomic E-state index is 0.0795. The molecule has 0 aliphatic rings. The summed E-state index contributed by atoms with van der Waals surface area (Å²) >= 11 is 3.23. The molecular formula is C25H24N2OS2. The molecule has 5 heteroatoms. The van der Waals surface area contributed by atoms with E-state index >= 15 is 0 Å². The Morgan fingerprint density at radius 2 is 0.967 bits per heavy atom. The average Bonchev–Trinajstić information content (AvgIpc) is 3.43. The van der Waals surface area contributed by atoms with Gasteiger partial charge in [0.1, 0.15) is 0 Å². The molecule has 0 spiro atoms. The molecule has 0 bridgehead atoms. The number of benzene rings is 2. The zero-order chi connectivity index (χ0) is 21.3. The SMILES string of the molecule is CN(C)c1ccc(-c2sccc2C(=O)c2ccsc2-c2ccc(N(C)C)cc2)cc1. The Labute approximate surface area is 185 Å². The number of hydrogen-bond acceptors (Lipinski definition) is 5. The topological polar surface area (TPSA) is 23.6 Å². The van der Waals surface area contributed by atoms with Crippen molar-refractivity contribution in [2.45, 2.75) is 0 Å². The van der Waals surface area contributed by atoms with E-state index in [-0.39, 0.29) is 5.78 Å². The third kappa shape index (κ3) is 3.91. The van der Waals surface area contributed by atoms with E-state index in [0.29, 0.717) is 0 Å². The Morgan fingerprint density at radius 1 is 0.600 bits per heavy atom. The maximum absolute atomic E-state index is 13.5. The van der Waals surface area contributed by atoms with Crippen LogP contribution in [0.25, 0.3) is 20.9 Å². The van der Waals surface area contributed by atoms with Crippen molar-refractivity contribution < 1.29 is 4.79 Å². The largest absolute Gasteiger partial charge is 0.378 e. The molecule has 0 fully saturated rings. The van der Waals surface area contributed by atoms with Crippen LogP contribution in [0.2, 0.25) is 0 Å². The number of rotatable bonds is 6. The van der Waals surface area contributed by atoms with Crippen molar-refractivity contribution in [3.8, 4) is 20.9 Å². The summed E-state index contributed by atoms with van der Waals surface area (Å²) in [6, 6.07) is 20.6. The van der Waals surface area contributed by atoms with E-state index in [1.54, 1.807) is 22.7 Å². The van der Waals surface area contributed by atoms with Gasteiger partial charge in [-0.3, -0.25) is 4.79 Å². The molecule has 0 radical (unpaired) electrons. The normalized spacial score (nSPS) is 10.8. The predicted molar refractivity (Wildman–Crippen MR) is 132 cm³/mol. The fourth-order valence-electron chi connectivity index (χ4n) is 3.39. The van der Waals surface area contributed by atoms with E-state index < -0.39 is 0 Å². The number of anilines is 2. The molecule has 2 aromatic carbocycles. The summed E-state index contributed by atoms with van der Waals surface area (Å²) in [6.07, 6.45) is 0. The molecule has 30 heavy (non-hydrogen) atoms. The zero-order valence-electron chi connectivity index (χ0n) is 17.5. The molecule has 0 atom stereocenters. The van der Waals surface area contributed by atoms with Crippen LogP contribution in [0.3, 0.4) is 0 Å². The lowest BCUT2D eigenvalue weighted by Crippen LogP contribution is -2.08. The van der Waals surface area contributed by atoms with E-state index in [9.17, 15) is 4.79 Å². The molecular weight excluding hydrogens is 408 g/mol. The van der Waals surface area contributed by atoms with Crippen LogP contribution in [-0.4, -0.2) is 34.0 Å². The third-order valence-corrected chi connectivity index (χ3v) is 7.04. The minimum Gasteiger partial charge on any atom is -0.378 e. The summed E-state index contributed by atoms with van der Waals surface area (Å²) in [5.41, 5.74) is 5.97. The van der Waals surface area contributed by atoms with Crippen LogP contribution in [0.1, 0.15) is 15.9 Å². The third-order valence-electron chi connectivity index (χ3n) is 5.11. The number of carbonyl (C=O) groups is 1. The van der Waals surface area contributed by atoms with Gasteiger partial charge in [-0.25, -0.2) is 0 Å². The summed E-state index contributed by atoms with van der Waals surface area (Å²) in [7, 11) is 8.10. The van der Waals surface area contributed by atoms with Crippen LogP contribution in [0.15, 0.2) is 71.4 Å². The summed E-state index contributed by atoms with van der Waals surface area (Å²) in [4.78, 5) is 19.7. The van der Waals surface area contributed by atoms with Crippen molar-refractivity contribution in [1.82, 2.24) is 0 Å². The van der Waals surface area contributed by atoms with Crippen LogP contribution < -0.4 is 9.80 Å². The van der Waals surface area contributed by atoms with Gasteiger partial charge in [0.2, 0.25) is 0 Å². The highest BCUT2D eigenvalue weighted by atomic mass is 32.1. The van der Waals surface area contributed by atoms with E-state index in [4.69, 9.17) is 0 Å². The molecule has 0 aliphatic carbocycles. The number of nitrogens with zero attached hydrogens (tertiary/aromatic N) is 2. The maximum atomic E-state index is 13.5. The molecule has 0 amide bonds. The van der Waals surface area contributed by atoms with Crippen molar-refractivity contribution in [3.63, 3.8) is 0 Å². The van der Waals surface area contributed by atoms with E-state index in [0.717, 1.165) is 43.4 Å². The van der Waals surface area contributed by atoms with Gasteiger partial charge in [-0.1, -0.05) is 24.3 Å². The van der Waals surface area contributed by atoms with E-state index in [1.165, 1.54) is 0 Å². The van der Waals surface area contributed by atoms with Crippen LogP contribution in [0.5, 0.6) is 0 Å². The smallest absolute Gasteiger partial charge is 0.195 e. The van der Waals surface area contributed by atoms with Crippen LogP contribution in [0, 0.1) is 0 Å². The Bertz CT molecular complexity index is 1060. The lowest BCUT2D eigenvalue weighted by molar-refractivity contribution is 0.104.